The molecule has 27 heavy (non-hydrogen) atoms. The molecule has 1 aliphatic heterocycles. The third kappa shape index (κ3) is 5.06. The highest BCUT2D eigenvalue weighted by atomic mass is 16.6. The second-order valence-corrected chi connectivity index (χ2v) is 6.29. The Morgan fingerprint density at radius 1 is 0.963 bits per heavy atom. The summed E-state index contributed by atoms with van der Waals surface area (Å²) in [4.78, 5) is 12.3. The average Bonchev–Trinajstić information content (AvgIpc) is 2.72. The molecule has 0 aromatic heterocycles. The fourth-order valence-electron chi connectivity index (χ4n) is 2.94. The van der Waals surface area contributed by atoms with Crippen molar-refractivity contribution in [1.29, 1.82) is 0 Å². The van der Waals surface area contributed by atoms with Gasteiger partial charge in [-0.2, -0.15) is 0 Å². The maximum atomic E-state index is 12.3. The summed E-state index contributed by atoms with van der Waals surface area (Å²) in [5.74, 6) is 2.69. The Hall–Kier alpha value is -2.89. The van der Waals surface area contributed by atoms with Gasteiger partial charge in [0.25, 0.3) is 5.91 Å². The maximum absolute atomic E-state index is 12.3. The van der Waals surface area contributed by atoms with Crippen molar-refractivity contribution in [3.8, 4) is 23.0 Å². The first kappa shape index (κ1) is 18.9. The van der Waals surface area contributed by atoms with E-state index in [4.69, 9.17) is 18.9 Å². The van der Waals surface area contributed by atoms with Crippen LogP contribution < -0.4 is 24.3 Å². The van der Waals surface area contributed by atoms with E-state index in [1.165, 1.54) is 5.56 Å². The second kappa shape index (κ2) is 9.16. The van der Waals surface area contributed by atoms with Crippen LogP contribution in [0.2, 0.25) is 0 Å². The number of hydrogen-bond donors (Lipinski definition) is 1. The molecule has 2 aromatic rings. The lowest BCUT2D eigenvalue weighted by Crippen LogP contribution is -2.24. The highest BCUT2D eigenvalue weighted by Crippen LogP contribution is 2.31. The van der Waals surface area contributed by atoms with E-state index in [9.17, 15) is 4.79 Å². The van der Waals surface area contributed by atoms with Crippen molar-refractivity contribution in [2.75, 3.05) is 34.0 Å². The number of carbonyl (C=O) groups is 1. The average molecular weight is 371 g/mol. The number of amides is 1. The van der Waals surface area contributed by atoms with Gasteiger partial charge in [0.05, 0.1) is 14.2 Å². The van der Waals surface area contributed by atoms with Gasteiger partial charge in [-0.15, -0.1) is 0 Å². The van der Waals surface area contributed by atoms with Crippen molar-refractivity contribution in [3.63, 3.8) is 0 Å². The minimum atomic E-state index is -0.133. The summed E-state index contributed by atoms with van der Waals surface area (Å²) in [6.07, 6.45) is 2.79. The van der Waals surface area contributed by atoms with Crippen LogP contribution in [-0.4, -0.2) is 39.9 Å². The summed E-state index contributed by atoms with van der Waals surface area (Å²) in [5, 5.41) is 2.94. The second-order valence-electron chi connectivity index (χ2n) is 6.29. The fraction of sp³-hybridized carbons (Fsp3) is 0.381. The summed E-state index contributed by atoms with van der Waals surface area (Å²) in [7, 11) is 3.13. The Kier molecular flexibility index (Phi) is 6.41. The molecule has 1 N–H and O–H groups in total. The predicted molar refractivity (Wildman–Crippen MR) is 102 cm³/mol. The lowest BCUT2D eigenvalue weighted by Gasteiger charge is -2.18. The molecule has 0 unspecified atom stereocenters. The summed E-state index contributed by atoms with van der Waals surface area (Å²) < 4.78 is 21.5. The highest BCUT2D eigenvalue weighted by molar-refractivity contribution is 5.95. The Balaban J connectivity index is 1.44. The first-order valence-corrected chi connectivity index (χ1v) is 9.09. The van der Waals surface area contributed by atoms with Crippen molar-refractivity contribution in [1.82, 2.24) is 5.32 Å². The molecule has 144 valence electrons. The minimum Gasteiger partial charge on any atom is -0.497 e. The first-order valence-electron chi connectivity index (χ1n) is 9.09. The molecule has 2 aromatic carbocycles. The molecule has 0 saturated heterocycles. The molecule has 6 heteroatoms. The monoisotopic (exact) mass is 371 g/mol. The number of ether oxygens (including phenoxy) is 4. The van der Waals surface area contributed by atoms with Crippen LogP contribution in [0, 0.1) is 0 Å². The molecule has 6 nitrogen and oxygen atoms in total. The Morgan fingerprint density at radius 2 is 1.67 bits per heavy atom. The molecular formula is C21H25NO5. The number of methoxy groups -OCH3 is 2. The number of nitrogens with one attached hydrogen (secondary N) is 1. The number of benzene rings is 2. The molecule has 1 aliphatic rings. The van der Waals surface area contributed by atoms with Crippen molar-refractivity contribution >= 4 is 5.91 Å². The molecule has 0 bridgehead atoms. The molecular weight excluding hydrogens is 346 g/mol. The molecule has 0 spiro atoms. The van der Waals surface area contributed by atoms with E-state index in [1.54, 1.807) is 32.4 Å². The van der Waals surface area contributed by atoms with Gasteiger partial charge < -0.3 is 24.3 Å². The number of aryl methyl sites for hydroxylation is 1. The SMILES string of the molecule is COc1cc(OC)cc(C(=O)NCCCCc2ccc3c(c2)OCCO3)c1. The molecule has 0 aliphatic carbocycles. The Labute approximate surface area is 159 Å². The van der Waals surface area contributed by atoms with Crippen molar-refractivity contribution < 1.29 is 23.7 Å². The molecule has 0 saturated carbocycles. The van der Waals surface area contributed by atoms with E-state index in [0.717, 1.165) is 30.8 Å². The van der Waals surface area contributed by atoms with E-state index < -0.39 is 0 Å². The summed E-state index contributed by atoms with van der Waals surface area (Å²) in [6, 6.07) is 11.2. The van der Waals surface area contributed by atoms with Crippen molar-refractivity contribution in [2.24, 2.45) is 0 Å². The molecule has 0 radical (unpaired) electrons. The van der Waals surface area contributed by atoms with Crippen LogP contribution in [0.1, 0.15) is 28.8 Å². The van der Waals surface area contributed by atoms with Gasteiger partial charge in [0, 0.05) is 18.2 Å². The van der Waals surface area contributed by atoms with Crippen LogP contribution in [0.5, 0.6) is 23.0 Å². The largest absolute Gasteiger partial charge is 0.497 e. The smallest absolute Gasteiger partial charge is 0.251 e. The van der Waals surface area contributed by atoms with Gasteiger partial charge in [-0.25, -0.2) is 0 Å². The van der Waals surface area contributed by atoms with Gasteiger partial charge in [-0.3, -0.25) is 4.79 Å². The fourth-order valence-corrected chi connectivity index (χ4v) is 2.94. The molecule has 1 amide bonds. The van der Waals surface area contributed by atoms with Crippen LogP contribution in [0.25, 0.3) is 0 Å². The summed E-state index contributed by atoms with van der Waals surface area (Å²) in [6.45, 7) is 1.81. The van der Waals surface area contributed by atoms with E-state index >= 15 is 0 Å². The topological polar surface area (TPSA) is 66.0 Å². The number of unbranched alkanes of at least 4 members (excludes halogenated alkanes) is 1. The third-order valence-corrected chi connectivity index (χ3v) is 4.40. The van der Waals surface area contributed by atoms with Crippen molar-refractivity contribution in [2.45, 2.75) is 19.3 Å². The third-order valence-electron chi connectivity index (χ3n) is 4.40. The lowest BCUT2D eigenvalue weighted by molar-refractivity contribution is 0.0952. The van der Waals surface area contributed by atoms with Gasteiger partial charge in [0.2, 0.25) is 0 Å². The number of fused-ring (bicyclic) bond motifs is 1. The highest BCUT2D eigenvalue weighted by Gasteiger charge is 2.12. The molecule has 0 fully saturated rings. The summed E-state index contributed by atoms with van der Waals surface area (Å²) >= 11 is 0. The molecule has 3 rings (SSSR count). The van der Waals surface area contributed by atoms with E-state index in [-0.39, 0.29) is 5.91 Å². The van der Waals surface area contributed by atoms with Crippen LogP contribution >= 0.6 is 0 Å². The van der Waals surface area contributed by atoms with Gasteiger partial charge >= 0.3 is 0 Å². The minimum absolute atomic E-state index is 0.133. The van der Waals surface area contributed by atoms with Gasteiger partial charge in [0.1, 0.15) is 24.7 Å². The Bertz CT molecular complexity index is 768. The first-order chi connectivity index (χ1) is 13.2. The van der Waals surface area contributed by atoms with E-state index in [2.05, 4.69) is 11.4 Å². The quantitative estimate of drug-likeness (QED) is 0.722. The van der Waals surface area contributed by atoms with E-state index in [0.29, 0.717) is 36.8 Å². The predicted octanol–water partition coefficient (Wildman–Crippen LogP) is 3.23. The van der Waals surface area contributed by atoms with Crippen LogP contribution in [0.4, 0.5) is 0 Å². The number of carbonyl (C=O) groups excluding carboxylic acids is 1. The van der Waals surface area contributed by atoms with Crippen LogP contribution in [-0.2, 0) is 6.42 Å². The lowest BCUT2D eigenvalue weighted by atomic mass is 10.1. The molecule has 0 atom stereocenters. The standard InChI is InChI=1S/C21H25NO5/c1-24-17-12-16(13-18(14-17)25-2)21(23)22-8-4-3-5-15-6-7-19-20(11-15)27-10-9-26-19/h6-7,11-14H,3-5,8-10H2,1-2H3,(H,22,23). The van der Waals surface area contributed by atoms with Crippen LogP contribution in [0.3, 0.4) is 0 Å². The number of hydrogen-bond acceptors (Lipinski definition) is 5. The zero-order valence-electron chi connectivity index (χ0n) is 15.7. The summed E-state index contributed by atoms with van der Waals surface area (Å²) in [5.41, 5.74) is 1.74. The molecule has 1 heterocycles. The van der Waals surface area contributed by atoms with Gasteiger partial charge in [0.15, 0.2) is 11.5 Å². The normalized spacial score (nSPS) is 12.4. The van der Waals surface area contributed by atoms with E-state index in [1.807, 2.05) is 12.1 Å². The van der Waals surface area contributed by atoms with Gasteiger partial charge in [-0.05, 0) is 49.1 Å². The Morgan fingerprint density at radius 3 is 2.37 bits per heavy atom. The van der Waals surface area contributed by atoms with Crippen LogP contribution in [0.15, 0.2) is 36.4 Å². The number of rotatable bonds is 8. The maximum Gasteiger partial charge on any atom is 0.251 e. The zero-order valence-corrected chi connectivity index (χ0v) is 15.7. The zero-order chi connectivity index (χ0) is 19.1. The van der Waals surface area contributed by atoms with Gasteiger partial charge in [-0.1, -0.05) is 6.07 Å². The van der Waals surface area contributed by atoms with Crippen molar-refractivity contribution in [3.05, 3.63) is 47.5 Å².